The Morgan fingerprint density at radius 2 is 1.72 bits per heavy atom. The number of hydrogen-bond acceptors (Lipinski definition) is 5. The van der Waals surface area contributed by atoms with E-state index in [1.165, 1.54) is 19.1 Å². The molecule has 0 aliphatic rings. The molecule has 3 rings (SSSR count). The molecule has 0 aliphatic heterocycles. The van der Waals surface area contributed by atoms with Gasteiger partial charge < -0.3 is 20.1 Å². The molecular formula is C27H23BrFN3O4. The number of nitrogens with zero attached hydrogens (tertiary/aromatic N) is 1. The van der Waals surface area contributed by atoms with Crippen molar-refractivity contribution in [2.45, 2.75) is 20.5 Å². The van der Waals surface area contributed by atoms with Crippen LogP contribution < -0.4 is 20.1 Å². The minimum Gasteiger partial charge on any atom is -0.490 e. The van der Waals surface area contributed by atoms with E-state index < -0.39 is 5.91 Å². The molecule has 0 aliphatic carbocycles. The Hall–Kier alpha value is -4.16. The predicted molar refractivity (Wildman–Crippen MR) is 139 cm³/mol. The van der Waals surface area contributed by atoms with Gasteiger partial charge in [0, 0.05) is 23.9 Å². The zero-order valence-corrected chi connectivity index (χ0v) is 21.2. The lowest BCUT2D eigenvalue weighted by Crippen LogP contribution is -2.13. The fourth-order valence-electron chi connectivity index (χ4n) is 3.19. The Labute approximate surface area is 216 Å². The van der Waals surface area contributed by atoms with Crippen molar-refractivity contribution < 1.29 is 23.5 Å². The van der Waals surface area contributed by atoms with Gasteiger partial charge in [-0.3, -0.25) is 9.59 Å². The number of benzene rings is 3. The van der Waals surface area contributed by atoms with E-state index in [4.69, 9.17) is 9.47 Å². The minimum absolute atomic E-state index is 0.00683. The standard InChI is InChI=1S/C27H23BrFN3O4/c1-3-35-25-14-18(13-23(28)26(25)36-16-19-6-4-5-7-24(19)29)12-20(15-30)27(34)32-22-10-8-21(9-11-22)31-17(2)33/h4-14H,3,16H2,1-2H3,(H,31,33)(H,32,34)/b20-12+. The van der Waals surface area contributed by atoms with E-state index in [2.05, 4.69) is 26.6 Å². The summed E-state index contributed by atoms with van der Waals surface area (Å²) in [4.78, 5) is 23.8. The summed E-state index contributed by atoms with van der Waals surface area (Å²) in [5, 5.41) is 14.9. The van der Waals surface area contributed by atoms with Gasteiger partial charge in [0.1, 0.15) is 24.1 Å². The van der Waals surface area contributed by atoms with Gasteiger partial charge in [0.2, 0.25) is 5.91 Å². The first-order chi connectivity index (χ1) is 17.3. The molecule has 0 fully saturated rings. The summed E-state index contributed by atoms with van der Waals surface area (Å²) < 4.78 is 26.0. The summed E-state index contributed by atoms with van der Waals surface area (Å²) in [5.41, 5.74) is 1.83. The molecule has 36 heavy (non-hydrogen) atoms. The normalized spacial score (nSPS) is 10.8. The second-order valence-electron chi connectivity index (χ2n) is 7.53. The van der Waals surface area contributed by atoms with E-state index in [1.807, 2.05) is 13.0 Å². The van der Waals surface area contributed by atoms with Crippen LogP contribution in [0.25, 0.3) is 6.08 Å². The molecule has 0 heterocycles. The third kappa shape index (κ3) is 7.17. The molecule has 0 bridgehead atoms. The lowest BCUT2D eigenvalue weighted by atomic mass is 10.1. The molecule has 9 heteroatoms. The first-order valence-electron chi connectivity index (χ1n) is 10.9. The van der Waals surface area contributed by atoms with Crippen LogP contribution in [0.2, 0.25) is 0 Å². The first kappa shape index (κ1) is 26.4. The van der Waals surface area contributed by atoms with Crippen LogP contribution >= 0.6 is 15.9 Å². The molecule has 184 valence electrons. The summed E-state index contributed by atoms with van der Waals surface area (Å²) in [5.74, 6) is -0.429. The summed E-state index contributed by atoms with van der Waals surface area (Å²) in [7, 11) is 0. The number of nitriles is 1. The third-order valence-electron chi connectivity index (χ3n) is 4.80. The van der Waals surface area contributed by atoms with Crippen molar-refractivity contribution in [3.8, 4) is 17.6 Å². The van der Waals surface area contributed by atoms with Crippen LogP contribution in [0.4, 0.5) is 15.8 Å². The van der Waals surface area contributed by atoms with Gasteiger partial charge in [-0.15, -0.1) is 0 Å². The molecule has 2 amide bonds. The number of halogens is 2. The lowest BCUT2D eigenvalue weighted by molar-refractivity contribution is -0.114. The quantitative estimate of drug-likeness (QED) is 0.248. The highest BCUT2D eigenvalue weighted by Gasteiger charge is 2.15. The zero-order valence-electron chi connectivity index (χ0n) is 19.6. The maximum atomic E-state index is 14.0. The van der Waals surface area contributed by atoms with Crippen molar-refractivity contribution in [1.82, 2.24) is 0 Å². The van der Waals surface area contributed by atoms with Gasteiger partial charge in [-0.1, -0.05) is 18.2 Å². The van der Waals surface area contributed by atoms with E-state index in [0.29, 0.717) is 45.1 Å². The van der Waals surface area contributed by atoms with E-state index in [-0.39, 0.29) is 23.9 Å². The average molecular weight is 552 g/mol. The predicted octanol–water partition coefficient (Wildman–Crippen LogP) is 6.07. The Bertz CT molecular complexity index is 1330. The molecule has 0 atom stereocenters. The lowest BCUT2D eigenvalue weighted by Gasteiger charge is -2.15. The molecule has 0 aromatic heterocycles. The maximum Gasteiger partial charge on any atom is 0.266 e. The van der Waals surface area contributed by atoms with Crippen molar-refractivity contribution in [1.29, 1.82) is 5.26 Å². The second-order valence-corrected chi connectivity index (χ2v) is 8.38. The maximum absolute atomic E-state index is 14.0. The van der Waals surface area contributed by atoms with Gasteiger partial charge >= 0.3 is 0 Å². The highest BCUT2D eigenvalue weighted by Crippen LogP contribution is 2.38. The van der Waals surface area contributed by atoms with Crippen LogP contribution in [0.1, 0.15) is 25.0 Å². The summed E-state index contributed by atoms with van der Waals surface area (Å²) in [6, 6.07) is 18.0. The van der Waals surface area contributed by atoms with E-state index in [1.54, 1.807) is 54.6 Å². The van der Waals surface area contributed by atoms with Crippen LogP contribution in [0.5, 0.6) is 11.5 Å². The molecule has 3 aromatic carbocycles. The Morgan fingerprint density at radius 1 is 1.06 bits per heavy atom. The summed E-state index contributed by atoms with van der Waals surface area (Å²) in [6.07, 6.45) is 1.43. The van der Waals surface area contributed by atoms with Gasteiger partial charge in [0.15, 0.2) is 11.5 Å². The van der Waals surface area contributed by atoms with Gasteiger partial charge in [0.25, 0.3) is 5.91 Å². The van der Waals surface area contributed by atoms with Crippen molar-refractivity contribution in [3.63, 3.8) is 0 Å². The number of anilines is 2. The van der Waals surface area contributed by atoms with Crippen molar-refractivity contribution >= 4 is 45.2 Å². The molecular weight excluding hydrogens is 529 g/mol. The van der Waals surface area contributed by atoms with Crippen molar-refractivity contribution in [2.24, 2.45) is 0 Å². The number of rotatable bonds is 9. The zero-order chi connectivity index (χ0) is 26.1. The number of carbonyl (C=O) groups excluding carboxylic acids is 2. The fourth-order valence-corrected chi connectivity index (χ4v) is 3.77. The van der Waals surface area contributed by atoms with Gasteiger partial charge in [-0.25, -0.2) is 4.39 Å². The number of carbonyl (C=O) groups is 2. The molecule has 7 nitrogen and oxygen atoms in total. The molecule has 0 unspecified atom stereocenters. The molecule has 0 saturated heterocycles. The van der Waals surface area contributed by atoms with Gasteiger partial charge in [-0.05, 0) is 77.0 Å². The second kappa shape index (κ2) is 12.5. The van der Waals surface area contributed by atoms with Gasteiger partial charge in [0.05, 0.1) is 11.1 Å². The largest absolute Gasteiger partial charge is 0.490 e. The number of hydrogen-bond donors (Lipinski definition) is 2. The van der Waals surface area contributed by atoms with E-state index >= 15 is 0 Å². The van der Waals surface area contributed by atoms with Crippen molar-refractivity contribution in [3.05, 3.63) is 87.7 Å². The molecule has 0 radical (unpaired) electrons. The highest BCUT2D eigenvalue weighted by molar-refractivity contribution is 9.10. The highest BCUT2D eigenvalue weighted by atomic mass is 79.9. The van der Waals surface area contributed by atoms with Crippen LogP contribution in [0.3, 0.4) is 0 Å². The molecule has 3 aromatic rings. The Balaban J connectivity index is 1.80. The van der Waals surface area contributed by atoms with E-state index in [0.717, 1.165) is 0 Å². The molecule has 2 N–H and O–H groups in total. The summed E-state index contributed by atoms with van der Waals surface area (Å²) in [6.45, 7) is 3.54. The number of amides is 2. The molecule has 0 saturated carbocycles. The van der Waals surface area contributed by atoms with Crippen molar-refractivity contribution in [2.75, 3.05) is 17.2 Å². The van der Waals surface area contributed by atoms with E-state index in [9.17, 15) is 19.2 Å². The third-order valence-corrected chi connectivity index (χ3v) is 5.39. The Kier molecular flexibility index (Phi) is 9.19. The van der Waals surface area contributed by atoms with Crippen LogP contribution in [-0.4, -0.2) is 18.4 Å². The monoisotopic (exact) mass is 551 g/mol. The van der Waals surface area contributed by atoms with Gasteiger partial charge in [-0.2, -0.15) is 5.26 Å². The average Bonchev–Trinajstić information content (AvgIpc) is 2.84. The number of nitrogens with one attached hydrogen (secondary N) is 2. The fraction of sp³-hybridized carbons (Fsp3) is 0.148. The van der Waals surface area contributed by atoms with Crippen LogP contribution in [0.15, 0.2) is 70.7 Å². The summed E-state index contributed by atoms with van der Waals surface area (Å²) >= 11 is 3.45. The van der Waals surface area contributed by atoms with Crippen LogP contribution in [-0.2, 0) is 16.2 Å². The topological polar surface area (TPSA) is 100 Å². The smallest absolute Gasteiger partial charge is 0.266 e. The Morgan fingerprint density at radius 3 is 2.33 bits per heavy atom. The number of ether oxygens (including phenoxy) is 2. The SMILES string of the molecule is CCOc1cc(/C=C(\C#N)C(=O)Nc2ccc(NC(C)=O)cc2)cc(Br)c1OCc1ccccc1F. The minimum atomic E-state index is -0.598. The molecule has 0 spiro atoms. The van der Waals surface area contributed by atoms with Crippen LogP contribution in [0, 0.1) is 17.1 Å². The first-order valence-corrected chi connectivity index (χ1v) is 11.7.